The monoisotopic (exact) mass is 212 g/mol. The quantitative estimate of drug-likeness (QED) is 0.447. The lowest BCUT2D eigenvalue weighted by atomic mass is 9.98. The first-order chi connectivity index (χ1) is 6.79. The summed E-state index contributed by atoms with van der Waals surface area (Å²) >= 11 is 5.66. The van der Waals surface area contributed by atoms with E-state index < -0.39 is 0 Å². The Labute approximate surface area is 90.4 Å². The zero-order valence-corrected chi connectivity index (χ0v) is 9.22. The van der Waals surface area contributed by atoms with Gasteiger partial charge in [-0.2, -0.15) is 0 Å². The molecular weight excluding hydrogens is 196 g/mol. The molecule has 0 radical (unpaired) electrons. The first-order valence-electron chi connectivity index (χ1n) is 4.87. The van der Waals surface area contributed by atoms with E-state index in [2.05, 4.69) is 24.5 Å². The van der Waals surface area contributed by atoms with Crippen molar-refractivity contribution in [2.24, 2.45) is 5.84 Å². The fourth-order valence-corrected chi connectivity index (χ4v) is 1.74. The summed E-state index contributed by atoms with van der Waals surface area (Å²) in [7, 11) is 0. The third-order valence-electron chi connectivity index (χ3n) is 2.39. The van der Waals surface area contributed by atoms with E-state index in [1.165, 1.54) is 11.1 Å². The van der Waals surface area contributed by atoms with Gasteiger partial charge in [-0.3, -0.25) is 11.3 Å². The molecule has 0 heterocycles. The van der Waals surface area contributed by atoms with Crippen molar-refractivity contribution >= 4 is 11.6 Å². The third-order valence-corrected chi connectivity index (χ3v) is 2.66. The molecule has 0 aromatic heterocycles. The first-order valence-corrected chi connectivity index (χ1v) is 5.40. The fourth-order valence-electron chi connectivity index (χ4n) is 1.59. The molecule has 0 saturated carbocycles. The van der Waals surface area contributed by atoms with Crippen molar-refractivity contribution in [3.63, 3.8) is 0 Å². The molecule has 14 heavy (non-hydrogen) atoms. The number of alkyl halides is 1. The van der Waals surface area contributed by atoms with Crippen molar-refractivity contribution in [2.75, 3.05) is 5.88 Å². The van der Waals surface area contributed by atoms with Gasteiger partial charge in [0.25, 0.3) is 0 Å². The molecule has 1 unspecified atom stereocenters. The minimum Gasteiger partial charge on any atom is -0.271 e. The van der Waals surface area contributed by atoms with Crippen molar-refractivity contribution in [1.29, 1.82) is 0 Å². The Morgan fingerprint density at radius 3 is 2.71 bits per heavy atom. The number of halogens is 1. The van der Waals surface area contributed by atoms with Gasteiger partial charge in [0.15, 0.2) is 0 Å². The van der Waals surface area contributed by atoms with Crippen LogP contribution < -0.4 is 11.3 Å². The Kier molecular flexibility index (Phi) is 4.94. The fraction of sp³-hybridized carbons (Fsp3) is 0.455. The minimum absolute atomic E-state index is 0.218. The first kappa shape index (κ1) is 11.5. The van der Waals surface area contributed by atoms with Gasteiger partial charge in [-0.15, -0.1) is 11.6 Å². The highest BCUT2D eigenvalue weighted by molar-refractivity contribution is 6.17. The van der Waals surface area contributed by atoms with E-state index in [0.29, 0.717) is 5.88 Å². The molecule has 3 heteroatoms. The van der Waals surface area contributed by atoms with Crippen LogP contribution in [0, 0.1) is 6.92 Å². The Bertz CT molecular complexity index is 276. The van der Waals surface area contributed by atoms with Crippen molar-refractivity contribution < 1.29 is 0 Å². The lowest BCUT2D eigenvalue weighted by Crippen LogP contribution is -2.28. The second kappa shape index (κ2) is 6.02. The van der Waals surface area contributed by atoms with Gasteiger partial charge in [-0.05, 0) is 30.9 Å². The van der Waals surface area contributed by atoms with Crippen molar-refractivity contribution in [1.82, 2.24) is 5.43 Å². The molecule has 0 aliphatic heterocycles. The van der Waals surface area contributed by atoms with Crippen LogP contribution in [0.25, 0.3) is 0 Å². The van der Waals surface area contributed by atoms with Crippen LogP contribution in [-0.2, 0) is 0 Å². The van der Waals surface area contributed by atoms with E-state index in [4.69, 9.17) is 17.4 Å². The highest BCUT2D eigenvalue weighted by atomic mass is 35.5. The van der Waals surface area contributed by atoms with Crippen molar-refractivity contribution in [3.05, 3.63) is 35.4 Å². The average Bonchev–Trinajstić information content (AvgIpc) is 2.21. The third kappa shape index (κ3) is 2.98. The normalized spacial score (nSPS) is 12.8. The summed E-state index contributed by atoms with van der Waals surface area (Å²) < 4.78 is 0. The highest BCUT2D eigenvalue weighted by Crippen LogP contribution is 2.20. The van der Waals surface area contributed by atoms with Crippen LogP contribution in [0.15, 0.2) is 24.3 Å². The molecule has 0 aliphatic rings. The topological polar surface area (TPSA) is 38.0 Å². The predicted molar refractivity (Wildman–Crippen MR) is 61.2 cm³/mol. The van der Waals surface area contributed by atoms with Gasteiger partial charge in [-0.1, -0.05) is 24.3 Å². The molecule has 3 N–H and O–H groups in total. The molecule has 0 fully saturated rings. The molecular formula is C11H17ClN2. The van der Waals surface area contributed by atoms with Crippen LogP contribution in [-0.4, -0.2) is 5.88 Å². The van der Waals surface area contributed by atoms with Crippen molar-refractivity contribution in [3.8, 4) is 0 Å². The van der Waals surface area contributed by atoms with Gasteiger partial charge < -0.3 is 0 Å². The number of hydrogen-bond donors (Lipinski definition) is 2. The van der Waals surface area contributed by atoms with Crippen molar-refractivity contribution in [2.45, 2.75) is 25.8 Å². The Balaban J connectivity index is 2.73. The van der Waals surface area contributed by atoms with Gasteiger partial charge in [0.05, 0.1) is 0 Å². The van der Waals surface area contributed by atoms with Crippen LogP contribution >= 0.6 is 11.6 Å². The summed E-state index contributed by atoms with van der Waals surface area (Å²) in [5.74, 6) is 6.21. The lowest BCUT2D eigenvalue weighted by molar-refractivity contribution is 0.509. The van der Waals surface area contributed by atoms with Crippen LogP contribution in [0.2, 0.25) is 0 Å². The van der Waals surface area contributed by atoms with Gasteiger partial charge >= 0.3 is 0 Å². The summed E-state index contributed by atoms with van der Waals surface area (Å²) in [5.41, 5.74) is 5.37. The maximum absolute atomic E-state index is 5.66. The van der Waals surface area contributed by atoms with Crippen LogP contribution in [0.1, 0.15) is 30.0 Å². The Morgan fingerprint density at radius 2 is 2.14 bits per heavy atom. The van der Waals surface area contributed by atoms with Gasteiger partial charge in [-0.25, -0.2) is 0 Å². The zero-order valence-electron chi connectivity index (χ0n) is 8.46. The standard InChI is InChI=1S/C11H17ClN2/c1-9-5-2-3-6-10(9)11(14-13)7-4-8-12/h2-3,5-6,11,14H,4,7-8,13H2,1H3. The number of rotatable bonds is 5. The van der Waals surface area contributed by atoms with E-state index >= 15 is 0 Å². The largest absolute Gasteiger partial charge is 0.271 e. The molecule has 1 aromatic rings. The molecule has 0 bridgehead atoms. The minimum atomic E-state index is 0.218. The summed E-state index contributed by atoms with van der Waals surface area (Å²) in [6.07, 6.45) is 1.95. The maximum Gasteiger partial charge on any atom is 0.0463 e. The molecule has 0 aliphatic carbocycles. The molecule has 0 amide bonds. The molecule has 1 aromatic carbocycles. The Morgan fingerprint density at radius 1 is 1.43 bits per heavy atom. The molecule has 0 saturated heterocycles. The molecule has 2 nitrogen and oxygen atoms in total. The van der Waals surface area contributed by atoms with Crippen LogP contribution in [0.3, 0.4) is 0 Å². The van der Waals surface area contributed by atoms with Crippen LogP contribution in [0.4, 0.5) is 0 Å². The summed E-state index contributed by atoms with van der Waals surface area (Å²) in [6.45, 7) is 2.10. The van der Waals surface area contributed by atoms with E-state index in [9.17, 15) is 0 Å². The number of hydrogen-bond acceptors (Lipinski definition) is 2. The molecule has 1 atom stereocenters. The summed E-state index contributed by atoms with van der Waals surface area (Å²) in [6, 6.07) is 8.49. The number of aryl methyl sites for hydroxylation is 1. The van der Waals surface area contributed by atoms with E-state index in [-0.39, 0.29) is 6.04 Å². The smallest absolute Gasteiger partial charge is 0.0463 e. The lowest BCUT2D eigenvalue weighted by Gasteiger charge is -2.17. The molecule has 78 valence electrons. The number of benzene rings is 1. The molecule has 1 rings (SSSR count). The second-order valence-electron chi connectivity index (χ2n) is 3.41. The van der Waals surface area contributed by atoms with Gasteiger partial charge in [0, 0.05) is 11.9 Å². The second-order valence-corrected chi connectivity index (χ2v) is 3.79. The summed E-state index contributed by atoms with van der Waals surface area (Å²) in [4.78, 5) is 0. The Hall–Kier alpha value is -0.570. The van der Waals surface area contributed by atoms with E-state index in [0.717, 1.165) is 12.8 Å². The van der Waals surface area contributed by atoms with Crippen LogP contribution in [0.5, 0.6) is 0 Å². The molecule has 0 spiro atoms. The average molecular weight is 213 g/mol. The zero-order chi connectivity index (χ0) is 10.4. The SMILES string of the molecule is Cc1ccccc1C(CCCCl)NN. The van der Waals surface area contributed by atoms with E-state index in [1.54, 1.807) is 0 Å². The highest BCUT2D eigenvalue weighted by Gasteiger charge is 2.10. The number of hydrazine groups is 1. The number of nitrogens with one attached hydrogen (secondary N) is 1. The predicted octanol–water partition coefficient (Wildman–Crippen LogP) is 2.52. The van der Waals surface area contributed by atoms with E-state index in [1.807, 2.05) is 12.1 Å². The van der Waals surface area contributed by atoms with Gasteiger partial charge in [0.1, 0.15) is 0 Å². The summed E-state index contributed by atoms with van der Waals surface area (Å²) in [5, 5.41) is 0. The number of nitrogens with two attached hydrogens (primary N) is 1. The maximum atomic E-state index is 5.66. The van der Waals surface area contributed by atoms with Gasteiger partial charge in [0.2, 0.25) is 0 Å².